The highest BCUT2D eigenvalue weighted by Gasteiger charge is 2.46. The van der Waals surface area contributed by atoms with Crippen molar-refractivity contribution in [3.05, 3.63) is 115 Å². The van der Waals surface area contributed by atoms with Gasteiger partial charge in [0.25, 0.3) is 0 Å². The maximum atomic E-state index is 14.4. The van der Waals surface area contributed by atoms with Crippen LogP contribution < -0.4 is 0 Å². The van der Waals surface area contributed by atoms with E-state index in [1.54, 1.807) is 0 Å². The third-order valence-corrected chi connectivity index (χ3v) is 7.61. The van der Waals surface area contributed by atoms with Gasteiger partial charge in [-0.3, -0.25) is 9.59 Å². The average molecular weight is 565 g/mol. The van der Waals surface area contributed by atoms with Gasteiger partial charge in [-0.1, -0.05) is 72.8 Å². The summed E-state index contributed by atoms with van der Waals surface area (Å²) in [5.41, 5.74) is 3.69. The maximum absolute atomic E-state index is 14.4. The second kappa shape index (κ2) is 12.0. The zero-order valence-electron chi connectivity index (χ0n) is 25.1. The number of esters is 1. The summed E-state index contributed by atoms with van der Waals surface area (Å²) < 4.78 is 13.8. The molecule has 2 atom stereocenters. The van der Waals surface area contributed by atoms with E-state index in [4.69, 9.17) is 9.47 Å². The van der Waals surface area contributed by atoms with Crippen molar-refractivity contribution in [2.45, 2.75) is 70.7 Å². The number of carbonyl (C=O) groups is 2. The van der Waals surface area contributed by atoms with E-state index in [0.717, 1.165) is 27.9 Å². The van der Waals surface area contributed by atoms with Crippen LogP contribution in [0.1, 0.15) is 58.1 Å². The lowest BCUT2D eigenvalue weighted by Crippen LogP contribution is -2.50. The van der Waals surface area contributed by atoms with Gasteiger partial charge in [-0.05, 0) is 81.5 Å². The molecule has 5 rings (SSSR count). The summed E-state index contributed by atoms with van der Waals surface area (Å²) in [6, 6.07) is 30.4. The summed E-state index contributed by atoms with van der Waals surface area (Å²) in [5, 5.41) is 0. The molecule has 6 nitrogen and oxygen atoms in total. The highest BCUT2D eigenvalue weighted by atomic mass is 16.6. The largest absolute Gasteiger partial charge is 0.460 e. The van der Waals surface area contributed by atoms with E-state index in [-0.39, 0.29) is 18.4 Å². The number of carbonyl (C=O) groups excluding carboxylic acids is 2. The summed E-state index contributed by atoms with van der Waals surface area (Å²) in [4.78, 5) is 29.4. The van der Waals surface area contributed by atoms with Gasteiger partial charge in [0.15, 0.2) is 0 Å². The van der Waals surface area contributed by atoms with Crippen LogP contribution in [0.4, 0.5) is 0 Å². The van der Waals surface area contributed by atoms with Gasteiger partial charge in [-0.2, -0.15) is 0 Å². The van der Waals surface area contributed by atoms with Crippen LogP contribution in [-0.2, 0) is 25.5 Å². The smallest absolute Gasteiger partial charge is 0.307 e. The summed E-state index contributed by atoms with van der Waals surface area (Å²) in [5.74, 6) is -1.26. The van der Waals surface area contributed by atoms with E-state index in [1.807, 2.05) is 98.9 Å². The first-order valence-electron chi connectivity index (χ1n) is 14.6. The van der Waals surface area contributed by atoms with Crippen molar-refractivity contribution in [1.82, 2.24) is 9.47 Å². The summed E-state index contributed by atoms with van der Waals surface area (Å²) in [6.07, 6.45) is 4.50. The minimum atomic E-state index is -0.807. The molecule has 1 aromatic heterocycles. The lowest BCUT2D eigenvalue weighted by molar-refractivity contribution is -0.159. The van der Waals surface area contributed by atoms with Gasteiger partial charge >= 0.3 is 5.97 Å². The fourth-order valence-corrected chi connectivity index (χ4v) is 5.67. The number of hydrogen-bond donors (Lipinski definition) is 0. The zero-order chi connectivity index (χ0) is 29.9. The normalized spacial score (nSPS) is 17.2. The Kier molecular flexibility index (Phi) is 8.37. The molecule has 1 aliphatic rings. The monoisotopic (exact) mass is 564 g/mol. The van der Waals surface area contributed by atoms with Gasteiger partial charge in [0, 0.05) is 18.1 Å². The molecule has 3 aromatic carbocycles. The molecule has 1 fully saturated rings. The van der Waals surface area contributed by atoms with Crippen molar-refractivity contribution in [3.63, 3.8) is 0 Å². The first-order chi connectivity index (χ1) is 20.0. The third-order valence-electron chi connectivity index (χ3n) is 7.61. The molecule has 1 amide bonds. The Balaban J connectivity index is 1.44. The second-order valence-electron chi connectivity index (χ2n) is 12.4. The van der Waals surface area contributed by atoms with E-state index < -0.39 is 23.2 Å². The first kappa shape index (κ1) is 29.3. The Morgan fingerprint density at radius 3 is 2.17 bits per heavy atom. The molecule has 0 bridgehead atoms. The van der Waals surface area contributed by atoms with Crippen molar-refractivity contribution in [2.75, 3.05) is 6.61 Å². The molecular weight excluding hydrogens is 524 g/mol. The average Bonchev–Trinajstić information content (AvgIpc) is 3.56. The van der Waals surface area contributed by atoms with Crippen molar-refractivity contribution < 1.29 is 19.1 Å². The van der Waals surface area contributed by atoms with Gasteiger partial charge in [0.05, 0.1) is 25.0 Å². The Hall–Kier alpha value is -4.16. The topological polar surface area (TPSA) is 60.8 Å². The molecule has 218 valence electrons. The first-order valence-corrected chi connectivity index (χ1v) is 14.6. The molecule has 0 radical (unpaired) electrons. The van der Waals surface area contributed by atoms with Gasteiger partial charge in [-0.25, -0.2) is 0 Å². The van der Waals surface area contributed by atoms with E-state index in [2.05, 4.69) is 48.5 Å². The predicted octanol–water partition coefficient (Wildman–Crippen LogP) is 7.17. The highest BCUT2D eigenvalue weighted by molar-refractivity contribution is 5.89. The lowest BCUT2D eigenvalue weighted by atomic mass is 9.94. The second-order valence-corrected chi connectivity index (χ2v) is 12.4. The molecule has 42 heavy (non-hydrogen) atoms. The Bertz CT molecular complexity index is 1500. The lowest BCUT2D eigenvalue weighted by Gasteiger charge is -2.36. The number of hydrogen-bond acceptors (Lipinski definition) is 4. The molecule has 6 heteroatoms. The summed E-state index contributed by atoms with van der Waals surface area (Å²) >= 11 is 0. The molecule has 0 N–H and O–H groups in total. The van der Waals surface area contributed by atoms with E-state index in [9.17, 15) is 9.59 Å². The molecule has 0 aliphatic carbocycles. The molecule has 0 saturated carbocycles. The predicted molar refractivity (Wildman–Crippen MR) is 165 cm³/mol. The number of aromatic nitrogens is 1. The third kappa shape index (κ3) is 6.82. The van der Waals surface area contributed by atoms with E-state index >= 15 is 0 Å². The maximum Gasteiger partial charge on any atom is 0.307 e. The molecule has 2 heterocycles. The number of nitrogens with zero attached hydrogens (tertiary/aromatic N) is 2. The number of rotatable bonds is 8. The van der Waals surface area contributed by atoms with Crippen molar-refractivity contribution in [2.24, 2.45) is 0 Å². The van der Waals surface area contributed by atoms with Crippen molar-refractivity contribution in [1.29, 1.82) is 0 Å². The minimum Gasteiger partial charge on any atom is -0.460 e. The van der Waals surface area contributed by atoms with Crippen LogP contribution >= 0.6 is 0 Å². The van der Waals surface area contributed by atoms with Gasteiger partial charge in [0.2, 0.25) is 5.91 Å². The molecular formula is C36H40N2O4. The Morgan fingerprint density at radius 1 is 0.905 bits per heavy atom. The highest BCUT2D eigenvalue weighted by Crippen LogP contribution is 2.35. The zero-order valence-corrected chi connectivity index (χ0v) is 25.1. The fourth-order valence-electron chi connectivity index (χ4n) is 5.67. The van der Waals surface area contributed by atoms with Crippen LogP contribution in [0.25, 0.3) is 16.8 Å². The van der Waals surface area contributed by atoms with E-state index in [1.165, 1.54) is 0 Å². The van der Waals surface area contributed by atoms with Crippen molar-refractivity contribution >= 4 is 11.9 Å². The molecule has 2 unspecified atom stereocenters. The molecule has 0 spiro atoms. The van der Waals surface area contributed by atoms with Crippen LogP contribution in [-0.4, -0.2) is 45.3 Å². The van der Waals surface area contributed by atoms with Crippen LogP contribution in [0.15, 0.2) is 103 Å². The quantitative estimate of drug-likeness (QED) is 0.213. The number of benzene rings is 3. The Morgan fingerprint density at radius 2 is 1.52 bits per heavy atom. The van der Waals surface area contributed by atoms with Gasteiger partial charge in [-0.15, -0.1) is 0 Å². The Labute approximate surface area is 248 Å². The van der Waals surface area contributed by atoms with Crippen LogP contribution in [0.3, 0.4) is 0 Å². The van der Waals surface area contributed by atoms with Gasteiger partial charge < -0.3 is 18.9 Å². The minimum absolute atomic E-state index is 0.0578. The fraction of sp³-hybridized carbons (Fsp3) is 0.333. The summed E-state index contributed by atoms with van der Waals surface area (Å²) in [6.45, 7) is 9.78. The van der Waals surface area contributed by atoms with Crippen LogP contribution in [0, 0.1) is 0 Å². The molecule has 1 saturated heterocycles. The SMILES string of the molecule is CC(C)(C)OC(=O)CC(C(=O)N1C(Cc2ccccc2)COC1(C)C)c1ccn(-c2ccc(-c3ccccc3)cc2)c1. The van der Waals surface area contributed by atoms with Crippen LogP contribution in [0.5, 0.6) is 0 Å². The van der Waals surface area contributed by atoms with E-state index in [0.29, 0.717) is 13.0 Å². The molecule has 1 aliphatic heterocycles. The summed E-state index contributed by atoms with van der Waals surface area (Å²) in [7, 11) is 0. The van der Waals surface area contributed by atoms with Crippen molar-refractivity contribution in [3.8, 4) is 16.8 Å². The van der Waals surface area contributed by atoms with Gasteiger partial charge in [0.1, 0.15) is 11.3 Å². The number of ether oxygens (including phenoxy) is 2. The van der Waals surface area contributed by atoms with Crippen LogP contribution in [0.2, 0.25) is 0 Å². The number of amides is 1. The standard InChI is InChI=1S/C36H40N2O4/c1-35(2,3)42-33(39)23-32(34(40)38-31(25-41-36(38,4)5)22-26-12-8-6-9-13-26)29-20-21-37(24-29)30-18-16-28(17-19-30)27-14-10-7-11-15-27/h6-21,24,31-32H,22-23,25H2,1-5H3. The molecule has 4 aromatic rings.